The van der Waals surface area contributed by atoms with Crippen LogP contribution in [0.25, 0.3) is 0 Å². The van der Waals surface area contributed by atoms with Crippen LogP contribution in [0.1, 0.15) is 52.9 Å². The minimum absolute atomic E-state index is 0.278. The zero-order valence-electron chi connectivity index (χ0n) is 13.0. The van der Waals surface area contributed by atoms with Crippen LogP contribution in [-0.2, 0) is 23.7 Å². The Morgan fingerprint density at radius 2 is 1.95 bits per heavy atom. The summed E-state index contributed by atoms with van der Waals surface area (Å²) in [6, 6.07) is 0. The van der Waals surface area contributed by atoms with Gasteiger partial charge in [0, 0.05) is 19.8 Å². The minimum atomic E-state index is -0.851. The summed E-state index contributed by atoms with van der Waals surface area (Å²) < 4.78 is 23.7. The molecular formula is C16H24O5. The van der Waals surface area contributed by atoms with Crippen LogP contribution in [0.4, 0.5) is 0 Å². The van der Waals surface area contributed by atoms with Gasteiger partial charge in [0.1, 0.15) is 0 Å². The SMILES string of the molecule is CC(=O)O[C@]1(C)C=COC2COC3(CCCCC3)O[C@]21C. The van der Waals surface area contributed by atoms with Gasteiger partial charge in [0.05, 0.1) is 12.9 Å². The van der Waals surface area contributed by atoms with Crippen LogP contribution in [0.3, 0.4) is 0 Å². The van der Waals surface area contributed by atoms with Gasteiger partial charge in [-0.3, -0.25) is 4.79 Å². The standard InChI is InChI=1S/C16H24O5/c1-12(17)20-14(2)9-10-18-13-11-19-16(21-15(13,14)3)7-5-4-6-8-16/h9-10,13H,4-8,11H2,1-3H3/t13?,14-,15-/m1/s1. The summed E-state index contributed by atoms with van der Waals surface area (Å²) in [6.45, 7) is 5.71. The molecule has 5 heteroatoms. The van der Waals surface area contributed by atoms with Gasteiger partial charge in [-0.15, -0.1) is 0 Å². The topological polar surface area (TPSA) is 54.0 Å². The molecule has 0 aromatic carbocycles. The number of hydrogen-bond donors (Lipinski definition) is 0. The summed E-state index contributed by atoms with van der Waals surface area (Å²) in [6.07, 6.45) is 8.26. The fourth-order valence-corrected chi connectivity index (χ4v) is 3.66. The molecule has 0 N–H and O–H groups in total. The molecule has 2 heterocycles. The van der Waals surface area contributed by atoms with Crippen LogP contribution in [-0.4, -0.2) is 35.7 Å². The molecule has 0 radical (unpaired) electrons. The Morgan fingerprint density at radius 1 is 1.24 bits per heavy atom. The first-order chi connectivity index (χ1) is 9.89. The van der Waals surface area contributed by atoms with Crippen molar-refractivity contribution in [2.24, 2.45) is 0 Å². The average molecular weight is 296 g/mol. The molecule has 2 fully saturated rings. The van der Waals surface area contributed by atoms with Gasteiger partial charge in [-0.05, 0) is 32.8 Å². The second-order valence-corrected chi connectivity index (χ2v) is 6.62. The third kappa shape index (κ3) is 2.36. The molecule has 1 unspecified atom stereocenters. The van der Waals surface area contributed by atoms with Gasteiger partial charge in [0.15, 0.2) is 23.1 Å². The zero-order valence-corrected chi connectivity index (χ0v) is 13.0. The van der Waals surface area contributed by atoms with Crippen molar-refractivity contribution < 1.29 is 23.7 Å². The van der Waals surface area contributed by atoms with E-state index in [-0.39, 0.29) is 12.1 Å². The summed E-state index contributed by atoms with van der Waals surface area (Å²) in [5.41, 5.74) is -1.60. The zero-order chi connectivity index (χ0) is 15.1. The van der Waals surface area contributed by atoms with Gasteiger partial charge in [-0.2, -0.15) is 0 Å². The molecule has 3 atom stereocenters. The van der Waals surface area contributed by atoms with Crippen LogP contribution < -0.4 is 0 Å². The van der Waals surface area contributed by atoms with Gasteiger partial charge in [-0.1, -0.05) is 6.42 Å². The predicted octanol–water partition coefficient (Wildman–Crippen LogP) is 2.69. The summed E-state index contributed by atoms with van der Waals surface area (Å²) in [5, 5.41) is 0. The summed E-state index contributed by atoms with van der Waals surface area (Å²) in [5.74, 6) is -0.878. The number of hydrogen-bond acceptors (Lipinski definition) is 5. The van der Waals surface area contributed by atoms with Crippen molar-refractivity contribution in [3.05, 3.63) is 12.3 Å². The Bertz CT molecular complexity index is 454. The Labute approximate surface area is 125 Å². The van der Waals surface area contributed by atoms with Crippen molar-refractivity contribution in [3.63, 3.8) is 0 Å². The van der Waals surface area contributed by atoms with Crippen molar-refractivity contribution in [2.75, 3.05) is 6.61 Å². The first-order valence-corrected chi connectivity index (χ1v) is 7.76. The Balaban J connectivity index is 1.92. The second-order valence-electron chi connectivity index (χ2n) is 6.62. The van der Waals surface area contributed by atoms with E-state index < -0.39 is 17.0 Å². The maximum atomic E-state index is 11.5. The summed E-state index contributed by atoms with van der Waals surface area (Å²) in [7, 11) is 0. The molecule has 1 saturated heterocycles. The highest BCUT2D eigenvalue weighted by Crippen LogP contribution is 2.48. The molecule has 0 amide bonds. The molecule has 5 nitrogen and oxygen atoms in total. The number of fused-ring (bicyclic) bond motifs is 1. The van der Waals surface area contributed by atoms with Crippen molar-refractivity contribution in [1.82, 2.24) is 0 Å². The van der Waals surface area contributed by atoms with E-state index in [1.165, 1.54) is 13.3 Å². The number of rotatable bonds is 1. The molecular weight excluding hydrogens is 272 g/mol. The molecule has 3 aliphatic rings. The van der Waals surface area contributed by atoms with Crippen LogP contribution in [0.5, 0.6) is 0 Å². The van der Waals surface area contributed by atoms with Crippen molar-refractivity contribution >= 4 is 5.97 Å². The fourth-order valence-electron chi connectivity index (χ4n) is 3.66. The van der Waals surface area contributed by atoms with Gasteiger partial charge in [0.25, 0.3) is 0 Å². The van der Waals surface area contributed by atoms with Gasteiger partial charge in [-0.25, -0.2) is 0 Å². The highest BCUT2D eigenvalue weighted by Gasteiger charge is 2.62. The van der Waals surface area contributed by atoms with Crippen LogP contribution in [0.15, 0.2) is 12.3 Å². The normalized spacial score (nSPS) is 41.2. The molecule has 0 bridgehead atoms. The molecule has 21 heavy (non-hydrogen) atoms. The van der Waals surface area contributed by atoms with E-state index in [4.69, 9.17) is 18.9 Å². The highest BCUT2D eigenvalue weighted by atomic mass is 16.7. The Kier molecular flexibility index (Phi) is 3.53. The third-order valence-corrected chi connectivity index (χ3v) is 5.10. The van der Waals surface area contributed by atoms with Crippen molar-refractivity contribution in [3.8, 4) is 0 Å². The van der Waals surface area contributed by atoms with Crippen LogP contribution >= 0.6 is 0 Å². The van der Waals surface area contributed by atoms with E-state index in [0.717, 1.165) is 25.7 Å². The van der Waals surface area contributed by atoms with E-state index in [1.54, 1.807) is 12.3 Å². The maximum absolute atomic E-state index is 11.5. The average Bonchev–Trinajstić information content (AvgIpc) is 2.40. The number of esters is 1. The van der Waals surface area contributed by atoms with E-state index in [1.807, 2.05) is 13.8 Å². The molecule has 1 spiro atoms. The van der Waals surface area contributed by atoms with Gasteiger partial charge >= 0.3 is 5.97 Å². The predicted molar refractivity (Wildman–Crippen MR) is 75.4 cm³/mol. The number of ether oxygens (including phenoxy) is 4. The van der Waals surface area contributed by atoms with E-state index >= 15 is 0 Å². The highest BCUT2D eigenvalue weighted by molar-refractivity contribution is 5.67. The molecule has 2 aliphatic heterocycles. The first-order valence-electron chi connectivity index (χ1n) is 7.76. The maximum Gasteiger partial charge on any atom is 0.303 e. The summed E-state index contributed by atoms with van der Waals surface area (Å²) >= 11 is 0. The van der Waals surface area contributed by atoms with Crippen molar-refractivity contribution in [2.45, 2.75) is 76.0 Å². The van der Waals surface area contributed by atoms with E-state index in [0.29, 0.717) is 6.61 Å². The quantitative estimate of drug-likeness (QED) is 0.696. The lowest BCUT2D eigenvalue weighted by Crippen LogP contribution is -2.70. The molecule has 1 aliphatic carbocycles. The molecule has 118 valence electrons. The lowest BCUT2D eigenvalue weighted by Gasteiger charge is -2.57. The largest absolute Gasteiger partial charge is 0.493 e. The number of carbonyl (C=O) groups excluding carboxylic acids is 1. The molecule has 1 saturated carbocycles. The fraction of sp³-hybridized carbons (Fsp3) is 0.812. The van der Waals surface area contributed by atoms with Gasteiger partial charge in [0.2, 0.25) is 0 Å². The van der Waals surface area contributed by atoms with Crippen molar-refractivity contribution in [1.29, 1.82) is 0 Å². The van der Waals surface area contributed by atoms with E-state index in [9.17, 15) is 4.79 Å². The van der Waals surface area contributed by atoms with Gasteiger partial charge < -0.3 is 18.9 Å². The first kappa shape index (κ1) is 14.9. The van der Waals surface area contributed by atoms with Crippen LogP contribution in [0, 0.1) is 0 Å². The molecule has 3 rings (SSSR count). The Hall–Kier alpha value is -1.07. The second kappa shape index (κ2) is 4.99. The lowest BCUT2D eigenvalue weighted by molar-refractivity contribution is -0.389. The monoisotopic (exact) mass is 296 g/mol. The number of carbonyl (C=O) groups is 1. The molecule has 0 aromatic rings. The van der Waals surface area contributed by atoms with Crippen LogP contribution in [0.2, 0.25) is 0 Å². The third-order valence-electron chi connectivity index (χ3n) is 5.10. The lowest BCUT2D eigenvalue weighted by atomic mass is 9.77. The van der Waals surface area contributed by atoms with E-state index in [2.05, 4.69) is 0 Å². The summed E-state index contributed by atoms with van der Waals surface area (Å²) in [4.78, 5) is 11.5. The minimum Gasteiger partial charge on any atom is -0.493 e. The smallest absolute Gasteiger partial charge is 0.303 e. The Morgan fingerprint density at radius 3 is 2.62 bits per heavy atom. The molecule has 0 aromatic heterocycles.